The predicted octanol–water partition coefficient (Wildman–Crippen LogP) is 2.10. The topological polar surface area (TPSA) is 64.9 Å². The minimum absolute atomic E-state index is 0. The van der Waals surface area contributed by atoms with Crippen LogP contribution in [0.25, 0.3) is 0 Å². The van der Waals surface area contributed by atoms with Gasteiger partial charge >= 0.3 is 0 Å². The molecule has 2 aliphatic rings. The van der Waals surface area contributed by atoms with E-state index in [-0.39, 0.29) is 17.9 Å². The van der Waals surface area contributed by atoms with Crippen molar-refractivity contribution in [2.75, 3.05) is 0 Å². The molecular formula is C10H16ClN3O. The maximum atomic E-state index is 6.23. The van der Waals surface area contributed by atoms with Gasteiger partial charge in [-0.25, -0.2) is 0 Å². The number of aromatic nitrogens is 2. The second-order valence-corrected chi connectivity index (χ2v) is 4.59. The Labute approximate surface area is 95.0 Å². The average Bonchev–Trinajstić information content (AvgIpc) is 2.75. The number of hydrogen-bond donors (Lipinski definition) is 1. The molecule has 1 heterocycles. The first-order chi connectivity index (χ1) is 6.78. The Morgan fingerprint density at radius 2 is 1.93 bits per heavy atom. The minimum atomic E-state index is -0.295. The summed E-state index contributed by atoms with van der Waals surface area (Å²) in [5, 5.41) is 4.02. The summed E-state index contributed by atoms with van der Waals surface area (Å²) in [4.78, 5) is 4.42. The highest BCUT2D eigenvalue weighted by Gasteiger charge is 2.38. The third kappa shape index (κ3) is 1.88. The van der Waals surface area contributed by atoms with E-state index in [4.69, 9.17) is 10.3 Å². The minimum Gasteiger partial charge on any atom is -0.339 e. The fourth-order valence-electron chi connectivity index (χ4n) is 2.16. The van der Waals surface area contributed by atoms with Crippen molar-refractivity contribution in [3.63, 3.8) is 0 Å². The van der Waals surface area contributed by atoms with Crippen LogP contribution >= 0.6 is 12.4 Å². The summed E-state index contributed by atoms with van der Waals surface area (Å²) < 4.78 is 5.23. The van der Waals surface area contributed by atoms with Gasteiger partial charge in [-0.2, -0.15) is 4.98 Å². The smallest absolute Gasteiger partial charge is 0.229 e. The van der Waals surface area contributed by atoms with Crippen molar-refractivity contribution >= 4 is 12.4 Å². The van der Waals surface area contributed by atoms with E-state index in [0.29, 0.717) is 5.92 Å². The van der Waals surface area contributed by atoms with Crippen molar-refractivity contribution in [3.05, 3.63) is 11.7 Å². The van der Waals surface area contributed by atoms with Crippen molar-refractivity contribution in [2.24, 2.45) is 5.73 Å². The lowest BCUT2D eigenvalue weighted by atomic mass is 9.99. The van der Waals surface area contributed by atoms with Gasteiger partial charge in [0.25, 0.3) is 0 Å². The van der Waals surface area contributed by atoms with Crippen LogP contribution in [-0.2, 0) is 5.54 Å². The average molecular weight is 230 g/mol. The van der Waals surface area contributed by atoms with E-state index in [1.807, 2.05) is 0 Å². The van der Waals surface area contributed by atoms with E-state index in [9.17, 15) is 0 Å². The first kappa shape index (κ1) is 10.9. The second-order valence-electron chi connectivity index (χ2n) is 4.59. The summed E-state index contributed by atoms with van der Waals surface area (Å²) in [6, 6.07) is 0. The van der Waals surface area contributed by atoms with Gasteiger partial charge in [0.15, 0.2) is 5.82 Å². The Bertz CT molecular complexity index is 342. The molecule has 2 saturated carbocycles. The van der Waals surface area contributed by atoms with E-state index < -0.39 is 0 Å². The molecule has 4 nitrogen and oxygen atoms in total. The van der Waals surface area contributed by atoms with Crippen LogP contribution in [0.5, 0.6) is 0 Å². The van der Waals surface area contributed by atoms with Gasteiger partial charge in [0, 0.05) is 5.92 Å². The molecule has 3 rings (SSSR count). The number of rotatable bonds is 2. The molecule has 0 aliphatic heterocycles. The molecule has 0 bridgehead atoms. The fraction of sp³-hybridized carbons (Fsp3) is 0.800. The highest BCUT2D eigenvalue weighted by molar-refractivity contribution is 5.85. The summed E-state index contributed by atoms with van der Waals surface area (Å²) in [6.07, 6.45) is 6.75. The Morgan fingerprint density at radius 1 is 1.27 bits per heavy atom. The highest BCUT2D eigenvalue weighted by Crippen LogP contribution is 2.41. The molecule has 0 atom stereocenters. The molecule has 0 aromatic carbocycles. The molecule has 2 fully saturated rings. The summed E-state index contributed by atoms with van der Waals surface area (Å²) >= 11 is 0. The van der Waals surface area contributed by atoms with E-state index >= 15 is 0 Å². The summed E-state index contributed by atoms with van der Waals surface area (Å²) in [5.74, 6) is 2.06. The predicted molar refractivity (Wildman–Crippen MR) is 57.9 cm³/mol. The van der Waals surface area contributed by atoms with Gasteiger partial charge in [-0.1, -0.05) is 18.0 Å². The van der Waals surface area contributed by atoms with Gasteiger partial charge in [-0.15, -0.1) is 12.4 Å². The molecule has 0 radical (unpaired) electrons. The van der Waals surface area contributed by atoms with Crippen molar-refractivity contribution in [1.29, 1.82) is 0 Å². The third-order valence-corrected chi connectivity index (χ3v) is 3.31. The molecule has 0 saturated heterocycles. The first-order valence-electron chi connectivity index (χ1n) is 5.41. The van der Waals surface area contributed by atoms with Gasteiger partial charge in [0.2, 0.25) is 5.89 Å². The van der Waals surface area contributed by atoms with E-state index in [0.717, 1.165) is 24.6 Å². The first-order valence-corrected chi connectivity index (χ1v) is 5.41. The van der Waals surface area contributed by atoms with Gasteiger partial charge in [0.05, 0.1) is 5.54 Å². The van der Waals surface area contributed by atoms with Crippen molar-refractivity contribution in [3.8, 4) is 0 Å². The van der Waals surface area contributed by atoms with Crippen LogP contribution in [0.2, 0.25) is 0 Å². The van der Waals surface area contributed by atoms with Crippen molar-refractivity contribution in [1.82, 2.24) is 10.1 Å². The molecule has 15 heavy (non-hydrogen) atoms. The lowest BCUT2D eigenvalue weighted by Crippen LogP contribution is -2.34. The largest absolute Gasteiger partial charge is 0.339 e. The quantitative estimate of drug-likeness (QED) is 0.844. The molecule has 5 heteroatoms. The molecule has 2 N–H and O–H groups in total. The van der Waals surface area contributed by atoms with Crippen LogP contribution in [0, 0.1) is 0 Å². The summed E-state index contributed by atoms with van der Waals surface area (Å²) in [7, 11) is 0. The Morgan fingerprint density at radius 3 is 2.53 bits per heavy atom. The Kier molecular flexibility index (Phi) is 2.73. The van der Waals surface area contributed by atoms with Crippen LogP contribution in [0.1, 0.15) is 56.2 Å². The molecule has 0 amide bonds. The zero-order chi connectivity index (χ0) is 9.60. The van der Waals surface area contributed by atoms with Crippen LogP contribution in [0.15, 0.2) is 4.52 Å². The van der Waals surface area contributed by atoms with E-state index in [1.165, 1.54) is 25.7 Å². The third-order valence-electron chi connectivity index (χ3n) is 3.31. The Hall–Kier alpha value is -0.610. The second kappa shape index (κ2) is 3.76. The summed E-state index contributed by atoms with van der Waals surface area (Å²) in [6.45, 7) is 0. The Balaban J connectivity index is 0.000000853. The van der Waals surface area contributed by atoms with Crippen molar-refractivity contribution < 1.29 is 4.52 Å². The van der Waals surface area contributed by atoms with Gasteiger partial charge < -0.3 is 10.3 Å². The molecule has 2 aliphatic carbocycles. The molecule has 0 spiro atoms. The zero-order valence-electron chi connectivity index (χ0n) is 8.61. The monoisotopic (exact) mass is 229 g/mol. The van der Waals surface area contributed by atoms with Crippen molar-refractivity contribution in [2.45, 2.75) is 50.0 Å². The molecular weight excluding hydrogens is 214 g/mol. The van der Waals surface area contributed by atoms with E-state index in [2.05, 4.69) is 10.1 Å². The standard InChI is InChI=1S/C10H15N3O.ClH/c11-10(5-1-2-6-10)9-12-8(14-13-9)7-3-4-7;/h7H,1-6,11H2;1H. The number of hydrogen-bond acceptors (Lipinski definition) is 4. The number of nitrogens with two attached hydrogens (primary N) is 1. The lowest BCUT2D eigenvalue weighted by molar-refractivity contribution is 0.349. The maximum Gasteiger partial charge on any atom is 0.229 e. The SMILES string of the molecule is Cl.NC1(c2noc(C3CC3)n2)CCCC1. The van der Waals surface area contributed by atoms with Gasteiger partial charge in [0.1, 0.15) is 0 Å². The van der Waals surface area contributed by atoms with E-state index in [1.54, 1.807) is 0 Å². The molecule has 1 aromatic heterocycles. The van der Waals surface area contributed by atoms with Crippen LogP contribution in [0.4, 0.5) is 0 Å². The van der Waals surface area contributed by atoms with Gasteiger partial charge in [-0.05, 0) is 25.7 Å². The van der Waals surface area contributed by atoms with Gasteiger partial charge in [-0.3, -0.25) is 0 Å². The molecule has 1 aromatic rings. The van der Waals surface area contributed by atoms with Crippen LogP contribution < -0.4 is 5.73 Å². The highest BCUT2D eigenvalue weighted by atomic mass is 35.5. The molecule has 0 unspecified atom stereocenters. The fourth-order valence-corrected chi connectivity index (χ4v) is 2.16. The number of nitrogens with zero attached hydrogens (tertiary/aromatic N) is 2. The summed E-state index contributed by atoms with van der Waals surface area (Å²) in [5.41, 5.74) is 5.93. The molecule has 84 valence electrons. The number of halogens is 1. The van der Waals surface area contributed by atoms with Crippen LogP contribution in [0.3, 0.4) is 0 Å². The lowest BCUT2D eigenvalue weighted by Gasteiger charge is -2.17. The zero-order valence-corrected chi connectivity index (χ0v) is 9.42. The normalized spacial score (nSPS) is 23.8. The van der Waals surface area contributed by atoms with Crippen LogP contribution in [-0.4, -0.2) is 10.1 Å². The maximum absolute atomic E-state index is 6.23.